The third-order valence-corrected chi connectivity index (χ3v) is 3.72. The van der Waals surface area contributed by atoms with Gasteiger partial charge in [-0.15, -0.1) is 0 Å². The van der Waals surface area contributed by atoms with E-state index >= 15 is 0 Å². The molecule has 1 heterocycles. The average Bonchev–Trinajstić information content (AvgIpc) is 2.44. The number of hydrogen-bond acceptors (Lipinski definition) is 3. The maximum atomic E-state index is 12.2. The van der Waals surface area contributed by atoms with Crippen LogP contribution in [0.3, 0.4) is 0 Å². The highest BCUT2D eigenvalue weighted by Gasteiger charge is 2.44. The second-order valence-corrected chi connectivity index (χ2v) is 5.53. The summed E-state index contributed by atoms with van der Waals surface area (Å²) in [5.74, 6) is -2.54. The Labute approximate surface area is 123 Å². The van der Waals surface area contributed by atoms with Gasteiger partial charge in [-0.2, -0.15) is 0 Å². The number of hydrogen-bond donors (Lipinski definition) is 1. The molecule has 6 heteroatoms. The summed E-state index contributed by atoms with van der Waals surface area (Å²) in [6.45, 7) is 3.75. The molecule has 1 fully saturated rings. The van der Waals surface area contributed by atoms with Crippen molar-refractivity contribution >= 4 is 17.8 Å². The standard InChI is InChI=1S/C15H18N2O4/c1-15(2,14(20)21)17-9-8-16(12(18)13(17)19)10-11-6-4-3-5-7-11/h3-7H,8-10H2,1-2H3,(H,20,21). The molecule has 2 amide bonds. The zero-order valence-corrected chi connectivity index (χ0v) is 12.1. The highest BCUT2D eigenvalue weighted by Crippen LogP contribution is 2.20. The van der Waals surface area contributed by atoms with Gasteiger partial charge in [-0.05, 0) is 19.4 Å². The van der Waals surface area contributed by atoms with Crippen LogP contribution in [0.4, 0.5) is 0 Å². The summed E-state index contributed by atoms with van der Waals surface area (Å²) >= 11 is 0. The summed E-state index contributed by atoms with van der Waals surface area (Å²) in [4.78, 5) is 38.1. The fourth-order valence-electron chi connectivity index (χ4n) is 2.28. The normalized spacial score (nSPS) is 16.3. The highest BCUT2D eigenvalue weighted by molar-refractivity contribution is 6.35. The predicted octanol–water partition coefficient (Wildman–Crippen LogP) is 0.721. The van der Waals surface area contributed by atoms with E-state index in [0.717, 1.165) is 10.5 Å². The molecule has 21 heavy (non-hydrogen) atoms. The van der Waals surface area contributed by atoms with Gasteiger partial charge in [0.2, 0.25) is 0 Å². The van der Waals surface area contributed by atoms with Gasteiger partial charge in [0.1, 0.15) is 5.54 Å². The lowest BCUT2D eigenvalue weighted by Gasteiger charge is -2.40. The molecule has 0 bridgehead atoms. The van der Waals surface area contributed by atoms with E-state index in [-0.39, 0.29) is 6.54 Å². The monoisotopic (exact) mass is 290 g/mol. The van der Waals surface area contributed by atoms with Crippen LogP contribution in [0.25, 0.3) is 0 Å². The van der Waals surface area contributed by atoms with Crippen molar-refractivity contribution in [3.63, 3.8) is 0 Å². The topological polar surface area (TPSA) is 77.9 Å². The molecule has 1 N–H and O–H groups in total. The van der Waals surface area contributed by atoms with Gasteiger partial charge < -0.3 is 14.9 Å². The van der Waals surface area contributed by atoms with Gasteiger partial charge in [0, 0.05) is 19.6 Å². The maximum Gasteiger partial charge on any atom is 0.329 e. The van der Waals surface area contributed by atoms with Crippen LogP contribution < -0.4 is 0 Å². The van der Waals surface area contributed by atoms with E-state index in [1.54, 1.807) is 0 Å². The van der Waals surface area contributed by atoms with Gasteiger partial charge in [0.05, 0.1) is 0 Å². The van der Waals surface area contributed by atoms with Crippen LogP contribution in [0.1, 0.15) is 19.4 Å². The Morgan fingerprint density at radius 3 is 2.33 bits per heavy atom. The lowest BCUT2D eigenvalue weighted by atomic mass is 10.0. The number of nitrogens with zero attached hydrogens (tertiary/aromatic N) is 2. The number of rotatable bonds is 4. The third kappa shape index (κ3) is 2.89. The Kier molecular flexibility index (Phi) is 3.97. The number of carbonyl (C=O) groups is 3. The maximum absolute atomic E-state index is 12.2. The minimum absolute atomic E-state index is 0.219. The summed E-state index contributed by atoms with van der Waals surface area (Å²) in [5.41, 5.74) is -0.449. The third-order valence-electron chi connectivity index (χ3n) is 3.72. The van der Waals surface area contributed by atoms with Crippen LogP contribution in [-0.2, 0) is 20.9 Å². The SMILES string of the molecule is CC(C)(C(=O)O)N1CCN(Cc2ccccc2)C(=O)C1=O. The Morgan fingerprint density at radius 2 is 1.76 bits per heavy atom. The molecule has 0 aliphatic carbocycles. The first-order valence-electron chi connectivity index (χ1n) is 6.72. The number of amides is 2. The molecule has 0 spiro atoms. The fourth-order valence-corrected chi connectivity index (χ4v) is 2.28. The van der Waals surface area contributed by atoms with Gasteiger partial charge in [0.15, 0.2) is 0 Å². The molecule has 0 atom stereocenters. The Morgan fingerprint density at radius 1 is 1.14 bits per heavy atom. The molecule has 1 aliphatic heterocycles. The molecule has 112 valence electrons. The highest BCUT2D eigenvalue weighted by atomic mass is 16.4. The number of carboxylic acids is 1. The predicted molar refractivity (Wildman–Crippen MR) is 75.3 cm³/mol. The summed E-state index contributed by atoms with van der Waals surface area (Å²) in [6.07, 6.45) is 0. The van der Waals surface area contributed by atoms with Crippen LogP contribution in [-0.4, -0.2) is 51.3 Å². The molecule has 6 nitrogen and oxygen atoms in total. The number of benzene rings is 1. The van der Waals surface area contributed by atoms with Crippen molar-refractivity contribution in [2.24, 2.45) is 0 Å². The summed E-state index contributed by atoms with van der Waals surface area (Å²) in [7, 11) is 0. The quantitative estimate of drug-likeness (QED) is 0.829. The minimum atomic E-state index is -1.38. The zero-order valence-electron chi connectivity index (χ0n) is 12.1. The summed E-state index contributed by atoms with van der Waals surface area (Å²) in [5, 5.41) is 9.18. The van der Waals surface area contributed by atoms with Crippen LogP contribution in [0.5, 0.6) is 0 Å². The summed E-state index contributed by atoms with van der Waals surface area (Å²) < 4.78 is 0. The van der Waals surface area contributed by atoms with Crippen LogP contribution in [0.15, 0.2) is 30.3 Å². The largest absolute Gasteiger partial charge is 0.480 e. The van der Waals surface area contributed by atoms with Gasteiger partial charge in [0.25, 0.3) is 0 Å². The average molecular weight is 290 g/mol. The van der Waals surface area contributed by atoms with Gasteiger partial charge in [-0.3, -0.25) is 9.59 Å². The van der Waals surface area contributed by atoms with Crippen LogP contribution >= 0.6 is 0 Å². The van der Waals surface area contributed by atoms with Crippen molar-refractivity contribution < 1.29 is 19.5 Å². The molecule has 1 aromatic rings. The zero-order chi connectivity index (χ0) is 15.6. The molecule has 0 radical (unpaired) electrons. The van der Waals surface area contributed by atoms with E-state index in [2.05, 4.69) is 0 Å². The summed E-state index contributed by atoms with van der Waals surface area (Å²) in [6, 6.07) is 9.37. The van der Waals surface area contributed by atoms with Gasteiger partial charge in [-0.25, -0.2) is 4.79 Å². The molecule has 0 saturated carbocycles. The van der Waals surface area contributed by atoms with Gasteiger partial charge >= 0.3 is 17.8 Å². The number of aliphatic carboxylic acids is 1. The van der Waals surface area contributed by atoms with E-state index in [9.17, 15) is 19.5 Å². The van der Waals surface area contributed by atoms with Crippen LogP contribution in [0, 0.1) is 0 Å². The molecule has 2 rings (SSSR count). The van der Waals surface area contributed by atoms with Crippen molar-refractivity contribution in [2.75, 3.05) is 13.1 Å². The van der Waals surface area contributed by atoms with Crippen molar-refractivity contribution in [3.8, 4) is 0 Å². The minimum Gasteiger partial charge on any atom is -0.480 e. The molecular formula is C15H18N2O4. The Hall–Kier alpha value is -2.37. The molecular weight excluding hydrogens is 272 g/mol. The van der Waals surface area contributed by atoms with Crippen molar-refractivity contribution in [3.05, 3.63) is 35.9 Å². The molecule has 1 aromatic carbocycles. The first kappa shape index (κ1) is 15.0. The Balaban J connectivity index is 2.12. The van der Waals surface area contributed by atoms with Gasteiger partial charge in [-0.1, -0.05) is 30.3 Å². The first-order chi connectivity index (χ1) is 9.84. The molecule has 1 saturated heterocycles. The number of carbonyl (C=O) groups excluding carboxylic acids is 2. The number of piperazine rings is 1. The Bertz CT molecular complexity index is 568. The van der Waals surface area contributed by atoms with E-state index < -0.39 is 23.3 Å². The lowest BCUT2D eigenvalue weighted by Crippen LogP contribution is -2.62. The van der Waals surface area contributed by atoms with E-state index in [0.29, 0.717) is 13.1 Å². The first-order valence-corrected chi connectivity index (χ1v) is 6.72. The molecule has 0 unspecified atom stereocenters. The fraction of sp³-hybridized carbons (Fsp3) is 0.400. The second kappa shape index (κ2) is 5.55. The van der Waals surface area contributed by atoms with Crippen molar-refractivity contribution in [1.29, 1.82) is 0 Å². The molecule has 1 aliphatic rings. The van der Waals surface area contributed by atoms with Crippen LogP contribution in [0.2, 0.25) is 0 Å². The molecule has 0 aromatic heterocycles. The van der Waals surface area contributed by atoms with Crippen molar-refractivity contribution in [2.45, 2.75) is 25.9 Å². The number of carboxylic acid groups (broad SMARTS) is 1. The second-order valence-electron chi connectivity index (χ2n) is 5.53. The van der Waals surface area contributed by atoms with E-state index in [1.165, 1.54) is 18.7 Å². The smallest absolute Gasteiger partial charge is 0.329 e. The van der Waals surface area contributed by atoms with E-state index in [4.69, 9.17) is 0 Å². The lowest BCUT2D eigenvalue weighted by molar-refractivity contribution is -0.167. The van der Waals surface area contributed by atoms with E-state index in [1.807, 2.05) is 30.3 Å². The van der Waals surface area contributed by atoms with Crippen molar-refractivity contribution in [1.82, 2.24) is 9.80 Å².